The number of rotatable bonds is 5. The van der Waals surface area contributed by atoms with Gasteiger partial charge < -0.3 is 5.11 Å². The normalized spacial score (nSPS) is 11.4. The average Bonchev–Trinajstić information content (AvgIpc) is 2.97. The first-order chi connectivity index (χ1) is 8.71. The predicted molar refractivity (Wildman–Crippen MR) is 68.8 cm³/mol. The van der Waals surface area contributed by atoms with E-state index in [9.17, 15) is 5.11 Å². The molecule has 0 amide bonds. The van der Waals surface area contributed by atoms with Gasteiger partial charge >= 0.3 is 0 Å². The van der Waals surface area contributed by atoms with Crippen molar-refractivity contribution < 1.29 is 5.11 Å². The maximum Gasteiger partial charge on any atom is 0.234 e. The van der Waals surface area contributed by atoms with Gasteiger partial charge in [-0.3, -0.25) is 0 Å². The highest BCUT2D eigenvalue weighted by Gasteiger charge is 2.22. The molecule has 7 heteroatoms. The number of nitrogens with zero attached hydrogens (tertiary/aromatic N) is 5. The first kappa shape index (κ1) is 13.1. The van der Waals surface area contributed by atoms with Gasteiger partial charge in [-0.25, -0.2) is 0 Å². The Morgan fingerprint density at radius 3 is 2.44 bits per heavy atom. The van der Waals surface area contributed by atoms with E-state index in [1.54, 1.807) is 4.68 Å². The second-order valence-corrected chi connectivity index (χ2v) is 5.27. The fraction of sp³-hybridized carbons (Fsp3) is 0.636. The molecule has 1 N–H and O–H groups in total. The van der Waals surface area contributed by atoms with E-state index in [0.717, 1.165) is 23.5 Å². The van der Waals surface area contributed by atoms with Crippen LogP contribution in [0.1, 0.15) is 49.0 Å². The maximum atomic E-state index is 9.38. The topological polar surface area (TPSA) is 76.7 Å². The standard InChI is InChI=1S/C11H17N5OS/c1-4-8(5-2)10-9(6-17)13-15-16(10)11-14-12-7(3)18-11/h8,17H,4-6H2,1-3H3. The van der Waals surface area contributed by atoms with E-state index in [1.807, 2.05) is 6.92 Å². The second-order valence-electron chi connectivity index (χ2n) is 4.11. The van der Waals surface area contributed by atoms with Gasteiger partial charge in [0.15, 0.2) is 0 Å². The van der Waals surface area contributed by atoms with Gasteiger partial charge in [-0.15, -0.1) is 15.3 Å². The van der Waals surface area contributed by atoms with Crippen LogP contribution in [-0.4, -0.2) is 30.3 Å². The van der Waals surface area contributed by atoms with Crippen LogP contribution in [0.4, 0.5) is 0 Å². The fourth-order valence-corrected chi connectivity index (χ4v) is 2.68. The van der Waals surface area contributed by atoms with Crippen LogP contribution in [0.2, 0.25) is 0 Å². The van der Waals surface area contributed by atoms with Gasteiger partial charge in [-0.05, 0) is 19.8 Å². The molecule has 0 saturated carbocycles. The lowest BCUT2D eigenvalue weighted by Crippen LogP contribution is -2.08. The van der Waals surface area contributed by atoms with E-state index in [0.29, 0.717) is 16.7 Å². The van der Waals surface area contributed by atoms with E-state index in [1.165, 1.54) is 11.3 Å². The number of aliphatic hydroxyl groups excluding tert-OH is 1. The minimum absolute atomic E-state index is 0.0936. The highest BCUT2D eigenvalue weighted by atomic mass is 32.1. The Labute approximate surface area is 110 Å². The van der Waals surface area contributed by atoms with E-state index >= 15 is 0 Å². The molecule has 0 spiro atoms. The van der Waals surface area contributed by atoms with E-state index in [2.05, 4.69) is 34.4 Å². The summed E-state index contributed by atoms with van der Waals surface area (Å²) < 4.78 is 1.72. The molecule has 0 atom stereocenters. The summed E-state index contributed by atoms with van der Waals surface area (Å²) in [6.07, 6.45) is 1.96. The molecule has 2 aromatic heterocycles. The highest BCUT2D eigenvalue weighted by Crippen LogP contribution is 2.28. The number of aromatic nitrogens is 5. The van der Waals surface area contributed by atoms with Crippen LogP contribution < -0.4 is 0 Å². The number of aryl methyl sites for hydroxylation is 1. The van der Waals surface area contributed by atoms with Crippen molar-refractivity contribution in [3.63, 3.8) is 0 Å². The maximum absolute atomic E-state index is 9.38. The summed E-state index contributed by atoms with van der Waals surface area (Å²) in [6.45, 7) is 6.06. The molecule has 0 saturated heterocycles. The molecular formula is C11H17N5OS. The van der Waals surface area contributed by atoms with Crippen LogP contribution in [0.15, 0.2) is 0 Å². The minimum Gasteiger partial charge on any atom is -0.390 e. The zero-order chi connectivity index (χ0) is 13.1. The minimum atomic E-state index is -0.0936. The lowest BCUT2D eigenvalue weighted by Gasteiger charge is -2.13. The SMILES string of the molecule is CCC(CC)c1c(CO)nnn1-c1nnc(C)s1. The second kappa shape index (κ2) is 5.53. The van der Waals surface area contributed by atoms with Crippen molar-refractivity contribution in [2.45, 2.75) is 46.1 Å². The third-order valence-corrected chi connectivity index (χ3v) is 3.81. The van der Waals surface area contributed by atoms with Crippen molar-refractivity contribution in [2.75, 3.05) is 0 Å². The zero-order valence-corrected chi connectivity index (χ0v) is 11.6. The molecule has 0 aliphatic carbocycles. The first-order valence-electron chi connectivity index (χ1n) is 6.07. The monoisotopic (exact) mass is 267 g/mol. The van der Waals surface area contributed by atoms with E-state index in [4.69, 9.17) is 0 Å². The molecule has 0 aliphatic heterocycles. The summed E-state index contributed by atoms with van der Waals surface area (Å²) in [7, 11) is 0. The van der Waals surface area contributed by atoms with Crippen LogP contribution in [0.3, 0.4) is 0 Å². The van der Waals surface area contributed by atoms with Gasteiger partial charge in [0, 0.05) is 5.92 Å². The number of aliphatic hydroxyl groups is 1. The van der Waals surface area contributed by atoms with Crippen LogP contribution in [0.5, 0.6) is 0 Å². The Morgan fingerprint density at radius 2 is 1.94 bits per heavy atom. The van der Waals surface area contributed by atoms with Crippen LogP contribution in [0, 0.1) is 6.92 Å². The van der Waals surface area contributed by atoms with Crippen molar-refractivity contribution >= 4 is 11.3 Å². The summed E-state index contributed by atoms with van der Waals surface area (Å²) in [4.78, 5) is 0. The Morgan fingerprint density at radius 1 is 1.22 bits per heavy atom. The van der Waals surface area contributed by atoms with Crippen LogP contribution >= 0.6 is 11.3 Å². The summed E-state index contributed by atoms with van der Waals surface area (Å²) in [5.74, 6) is 0.325. The quantitative estimate of drug-likeness (QED) is 0.894. The molecule has 2 heterocycles. The van der Waals surface area contributed by atoms with Crippen molar-refractivity contribution in [1.82, 2.24) is 25.2 Å². The summed E-state index contributed by atoms with van der Waals surface area (Å²) in [5.41, 5.74) is 1.59. The lowest BCUT2D eigenvalue weighted by molar-refractivity contribution is 0.274. The predicted octanol–water partition coefficient (Wildman–Crippen LogP) is 1.82. The van der Waals surface area contributed by atoms with E-state index < -0.39 is 0 Å². The molecule has 98 valence electrons. The van der Waals surface area contributed by atoms with Crippen LogP contribution in [0.25, 0.3) is 5.13 Å². The largest absolute Gasteiger partial charge is 0.390 e. The highest BCUT2D eigenvalue weighted by molar-refractivity contribution is 7.13. The van der Waals surface area contributed by atoms with Crippen molar-refractivity contribution in [2.24, 2.45) is 0 Å². The van der Waals surface area contributed by atoms with Gasteiger partial charge in [0.2, 0.25) is 5.13 Å². The fourth-order valence-electron chi connectivity index (χ4n) is 2.03. The Balaban J connectivity index is 2.51. The van der Waals surface area contributed by atoms with Gasteiger partial charge in [-0.1, -0.05) is 30.4 Å². The molecule has 0 fully saturated rings. The van der Waals surface area contributed by atoms with Crippen molar-refractivity contribution in [1.29, 1.82) is 0 Å². The molecular weight excluding hydrogens is 250 g/mol. The van der Waals surface area contributed by atoms with Gasteiger partial charge in [-0.2, -0.15) is 4.68 Å². The number of hydrogen-bond acceptors (Lipinski definition) is 6. The molecule has 6 nitrogen and oxygen atoms in total. The van der Waals surface area contributed by atoms with Crippen molar-refractivity contribution in [3.05, 3.63) is 16.4 Å². The molecule has 0 radical (unpaired) electrons. The Kier molecular flexibility index (Phi) is 4.03. The smallest absolute Gasteiger partial charge is 0.234 e. The molecule has 0 aliphatic rings. The Hall–Kier alpha value is -1.34. The Bertz CT molecular complexity index is 517. The third-order valence-electron chi connectivity index (χ3n) is 3.00. The summed E-state index contributed by atoms with van der Waals surface area (Å²) in [6, 6.07) is 0. The summed E-state index contributed by atoms with van der Waals surface area (Å²) in [5, 5.41) is 27.2. The average molecular weight is 267 g/mol. The molecule has 0 unspecified atom stereocenters. The summed E-state index contributed by atoms with van der Waals surface area (Å²) >= 11 is 1.47. The number of hydrogen-bond donors (Lipinski definition) is 1. The molecule has 0 bridgehead atoms. The van der Waals surface area contributed by atoms with Gasteiger partial charge in [0.1, 0.15) is 10.7 Å². The molecule has 2 rings (SSSR count). The van der Waals surface area contributed by atoms with Crippen LogP contribution in [-0.2, 0) is 6.61 Å². The third kappa shape index (κ3) is 2.28. The first-order valence-corrected chi connectivity index (χ1v) is 6.88. The molecule has 2 aromatic rings. The van der Waals surface area contributed by atoms with Gasteiger partial charge in [0.05, 0.1) is 12.3 Å². The zero-order valence-electron chi connectivity index (χ0n) is 10.8. The molecule has 0 aromatic carbocycles. The van der Waals surface area contributed by atoms with Gasteiger partial charge in [0.25, 0.3) is 0 Å². The lowest BCUT2D eigenvalue weighted by atomic mass is 9.98. The molecule has 18 heavy (non-hydrogen) atoms. The van der Waals surface area contributed by atoms with E-state index in [-0.39, 0.29) is 6.61 Å². The van der Waals surface area contributed by atoms with Crippen molar-refractivity contribution in [3.8, 4) is 5.13 Å².